The molecule has 0 aliphatic rings. The first-order valence-corrected chi connectivity index (χ1v) is 6.28. The molecule has 0 aliphatic carbocycles. The van der Waals surface area contributed by atoms with E-state index in [9.17, 15) is 14.9 Å². The van der Waals surface area contributed by atoms with Crippen LogP contribution in [0.1, 0.15) is 18.9 Å². The minimum absolute atomic E-state index is 0.0411. The summed E-state index contributed by atoms with van der Waals surface area (Å²) in [5, 5.41) is 16.5. The first kappa shape index (κ1) is 15.2. The largest absolute Gasteiger partial charge is 0.384 e. The molecule has 0 heterocycles. The van der Waals surface area contributed by atoms with Crippen molar-refractivity contribution in [2.24, 2.45) is 0 Å². The first-order valence-electron chi connectivity index (χ1n) is 5.90. The summed E-state index contributed by atoms with van der Waals surface area (Å²) >= 11 is 5.83. The van der Waals surface area contributed by atoms with E-state index in [-0.39, 0.29) is 16.6 Å². The second-order valence-corrected chi connectivity index (χ2v) is 4.41. The predicted octanol–water partition coefficient (Wildman–Crippen LogP) is 2.49. The molecule has 0 bridgehead atoms. The van der Waals surface area contributed by atoms with Crippen molar-refractivity contribution in [2.75, 3.05) is 18.4 Å². The Kier molecular flexibility index (Phi) is 5.57. The van der Waals surface area contributed by atoms with Crippen LogP contribution in [0.3, 0.4) is 0 Å². The summed E-state index contributed by atoms with van der Waals surface area (Å²) in [6.07, 6.45) is 0.335. The van der Waals surface area contributed by atoms with E-state index in [1.165, 1.54) is 12.1 Å². The van der Waals surface area contributed by atoms with Gasteiger partial charge in [0.05, 0.1) is 4.92 Å². The van der Waals surface area contributed by atoms with Crippen LogP contribution in [0.15, 0.2) is 12.1 Å². The molecule has 0 aromatic heterocycles. The number of anilines is 1. The fraction of sp³-hybridized carbons (Fsp3) is 0.417. The number of halogens is 1. The molecule has 0 saturated heterocycles. The van der Waals surface area contributed by atoms with Crippen LogP contribution in [0.25, 0.3) is 0 Å². The van der Waals surface area contributed by atoms with E-state index in [4.69, 9.17) is 11.6 Å². The number of aryl methyl sites for hydroxylation is 1. The monoisotopic (exact) mass is 285 g/mol. The maximum absolute atomic E-state index is 11.3. The molecule has 0 radical (unpaired) electrons. The number of benzene rings is 1. The topological polar surface area (TPSA) is 84.3 Å². The number of nitrogens with one attached hydrogen (secondary N) is 2. The predicted molar refractivity (Wildman–Crippen MR) is 74.6 cm³/mol. The van der Waals surface area contributed by atoms with Crippen molar-refractivity contribution in [3.8, 4) is 0 Å². The lowest BCUT2D eigenvalue weighted by molar-refractivity contribution is -0.384. The Labute approximate surface area is 116 Å². The highest BCUT2D eigenvalue weighted by atomic mass is 35.5. The lowest BCUT2D eigenvalue weighted by Crippen LogP contribution is -2.24. The molecule has 0 aliphatic heterocycles. The molecule has 1 aromatic carbocycles. The van der Waals surface area contributed by atoms with Crippen LogP contribution < -0.4 is 10.6 Å². The quantitative estimate of drug-likeness (QED) is 0.621. The number of nitrogens with zero attached hydrogens (tertiary/aromatic N) is 1. The number of hydrogen-bond donors (Lipinski definition) is 2. The molecule has 1 amide bonds. The molecule has 2 N–H and O–H groups in total. The van der Waals surface area contributed by atoms with Gasteiger partial charge >= 0.3 is 0 Å². The molecular weight excluding hydrogens is 270 g/mol. The number of hydrogen-bond acceptors (Lipinski definition) is 4. The third kappa shape index (κ3) is 4.40. The second-order valence-electron chi connectivity index (χ2n) is 4.01. The summed E-state index contributed by atoms with van der Waals surface area (Å²) < 4.78 is 0. The van der Waals surface area contributed by atoms with Gasteiger partial charge in [-0.05, 0) is 25.5 Å². The summed E-state index contributed by atoms with van der Waals surface area (Å²) in [6.45, 7) is 4.64. The van der Waals surface area contributed by atoms with Crippen molar-refractivity contribution in [1.29, 1.82) is 0 Å². The van der Waals surface area contributed by atoms with E-state index in [0.29, 0.717) is 30.8 Å². The van der Waals surface area contributed by atoms with Gasteiger partial charge in [0.15, 0.2) is 0 Å². The van der Waals surface area contributed by atoms with Crippen molar-refractivity contribution < 1.29 is 9.72 Å². The maximum Gasteiger partial charge on any atom is 0.288 e. The van der Waals surface area contributed by atoms with Gasteiger partial charge in [0.2, 0.25) is 5.91 Å². The molecule has 19 heavy (non-hydrogen) atoms. The summed E-state index contributed by atoms with van der Waals surface area (Å²) in [5.74, 6) is -0.0411. The standard InChI is InChI=1S/C12H16ClN3O3/c1-3-14-12(17)4-5-15-10-7-9(13)11(16(18)19)6-8(10)2/h6-7,15H,3-5H2,1-2H3,(H,14,17). The van der Waals surface area contributed by atoms with Crippen molar-refractivity contribution >= 4 is 28.9 Å². The van der Waals surface area contributed by atoms with Crippen LogP contribution in [0.5, 0.6) is 0 Å². The minimum Gasteiger partial charge on any atom is -0.384 e. The third-order valence-corrected chi connectivity index (χ3v) is 2.83. The molecule has 7 heteroatoms. The summed E-state index contributed by atoms with van der Waals surface area (Å²) in [5.41, 5.74) is 1.29. The lowest BCUT2D eigenvalue weighted by atomic mass is 10.1. The van der Waals surface area contributed by atoms with Crippen LogP contribution in [0, 0.1) is 17.0 Å². The third-order valence-electron chi connectivity index (χ3n) is 2.53. The van der Waals surface area contributed by atoms with Gasteiger partial charge in [0.25, 0.3) is 5.69 Å². The molecule has 0 fully saturated rings. The number of carbonyl (C=O) groups excluding carboxylic acids is 1. The zero-order chi connectivity index (χ0) is 14.4. The molecule has 0 spiro atoms. The van der Waals surface area contributed by atoms with Crippen molar-refractivity contribution in [3.63, 3.8) is 0 Å². The highest BCUT2D eigenvalue weighted by molar-refractivity contribution is 6.33. The van der Waals surface area contributed by atoms with Gasteiger partial charge in [0, 0.05) is 31.3 Å². The number of nitro groups is 1. The Bertz CT molecular complexity index is 491. The maximum atomic E-state index is 11.3. The average Bonchev–Trinajstić information content (AvgIpc) is 2.33. The summed E-state index contributed by atoms with van der Waals surface area (Å²) in [7, 11) is 0. The van der Waals surface area contributed by atoms with Gasteiger partial charge in [-0.2, -0.15) is 0 Å². The molecule has 0 saturated carbocycles. The number of carbonyl (C=O) groups is 1. The highest BCUT2D eigenvalue weighted by Gasteiger charge is 2.14. The highest BCUT2D eigenvalue weighted by Crippen LogP contribution is 2.30. The zero-order valence-electron chi connectivity index (χ0n) is 10.8. The molecule has 0 unspecified atom stereocenters. The van der Waals surface area contributed by atoms with Crippen LogP contribution in [0.4, 0.5) is 11.4 Å². The van der Waals surface area contributed by atoms with E-state index in [0.717, 1.165) is 0 Å². The Morgan fingerprint density at radius 1 is 1.47 bits per heavy atom. The molecule has 6 nitrogen and oxygen atoms in total. The van der Waals surface area contributed by atoms with Gasteiger partial charge in [-0.3, -0.25) is 14.9 Å². The van der Waals surface area contributed by atoms with E-state index < -0.39 is 4.92 Å². The van der Waals surface area contributed by atoms with E-state index >= 15 is 0 Å². The van der Waals surface area contributed by atoms with Crippen LogP contribution in [0.2, 0.25) is 5.02 Å². The molecule has 0 atom stereocenters. The Morgan fingerprint density at radius 2 is 2.16 bits per heavy atom. The number of nitro benzene ring substituents is 1. The summed E-state index contributed by atoms with van der Waals surface area (Å²) in [4.78, 5) is 21.5. The van der Waals surface area contributed by atoms with Crippen LogP contribution in [-0.4, -0.2) is 23.9 Å². The van der Waals surface area contributed by atoms with Gasteiger partial charge in [0.1, 0.15) is 5.02 Å². The Balaban J connectivity index is 2.67. The molecular formula is C12H16ClN3O3. The van der Waals surface area contributed by atoms with Crippen molar-refractivity contribution in [1.82, 2.24) is 5.32 Å². The van der Waals surface area contributed by atoms with Gasteiger partial charge < -0.3 is 10.6 Å². The summed E-state index contributed by atoms with van der Waals surface area (Å²) in [6, 6.07) is 2.92. The van der Waals surface area contributed by atoms with Gasteiger partial charge in [-0.15, -0.1) is 0 Å². The first-order chi connectivity index (χ1) is 8.95. The fourth-order valence-corrected chi connectivity index (χ4v) is 1.83. The SMILES string of the molecule is CCNC(=O)CCNc1cc(Cl)c([N+](=O)[O-])cc1C. The molecule has 104 valence electrons. The van der Waals surface area contributed by atoms with Crippen molar-refractivity contribution in [3.05, 3.63) is 32.8 Å². The number of amides is 1. The Hall–Kier alpha value is -1.82. The van der Waals surface area contributed by atoms with E-state index in [1.54, 1.807) is 6.92 Å². The van der Waals surface area contributed by atoms with E-state index in [2.05, 4.69) is 10.6 Å². The molecule has 1 rings (SSSR count). The smallest absolute Gasteiger partial charge is 0.288 e. The van der Waals surface area contributed by atoms with Crippen molar-refractivity contribution in [2.45, 2.75) is 20.3 Å². The molecule has 1 aromatic rings. The number of rotatable bonds is 6. The average molecular weight is 286 g/mol. The van der Waals surface area contributed by atoms with Gasteiger partial charge in [-0.25, -0.2) is 0 Å². The Morgan fingerprint density at radius 3 is 2.74 bits per heavy atom. The van der Waals surface area contributed by atoms with Gasteiger partial charge in [-0.1, -0.05) is 11.6 Å². The fourth-order valence-electron chi connectivity index (χ4n) is 1.59. The normalized spacial score (nSPS) is 10.1. The van der Waals surface area contributed by atoms with Crippen LogP contribution in [-0.2, 0) is 4.79 Å². The minimum atomic E-state index is -0.520. The lowest BCUT2D eigenvalue weighted by Gasteiger charge is -2.10. The second kappa shape index (κ2) is 6.94. The van der Waals surface area contributed by atoms with Crippen LogP contribution >= 0.6 is 11.6 Å². The van der Waals surface area contributed by atoms with E-state index in [1.807, 2.05) is 6.92 Å². The zero-order valence-corrected chi connectivity index (χ0v) is 11.6.